The Morgan fingerprint density at radius 3 is 2.78 bits per heavy atom. The number of aromatic nitrogens is 1. The highest BCUT2D eigenvalue weighted by molar-refractivity contribution is 5.92. The summed E-state index contributed by atoms with van der Waals surface area (Å²) >= 11 is 0. The Hall–Kier alpha value is -1.54. The molecule has 5 N–H and O–H groups in total. The standard InChI is InChI=1S/C11H16N2O5/c12-10(17)8-2-1-3-13(6-8)11(9(16)7-15)18-5-4-14/h1-3,6,9,11,14-16H,4-5,7H2,(H-,12,17)/p+1/t9-,11?/m0/s1. The molecule has 0 bridgehead atoms. The van der Waals surface area contributed by atoms with Crippen molar-refractivity contribution in [2.24, 2.45) is 5.73 Å². The number of pyridine rings is 1. The minimum Gasteiger partial charge on any atom is -0.394 e. The number of hydrogen-bond acceptors (Lipinski definition) is 5. The molecule has 1 heterocycles. The number of aliphatic hydroxyl groups is 3. The number of carbonyl (C=O) groups excluding carboxylic acids is 1. The summed E-state index contributed by atoms with van der Waals surface area (Å²) in [6, 6.07) is 3.09. The van der Waals surface area contributed by atoms with Gasteiger partial charge in [-0.3, -0.25) is 4.79 Å². The van der Waals surface area contributed by atoms with Crippen molar-refractivity contribution in [1.29, 1.82) is 0 Å². The van der Waals surface area contributed by atoms with Gasteiger partial charge in [-0.1, -0.05) is 0 Å². The molecule has 0 fully saturated rings. The van der Waals surface area contributed by atoms with Gasteiger partial charge in [0.15, 0.2) is 18.5 Å². The molecule has 0 saturated heterocycles. The second kappa shape index (κ2) is 7.02. The van der Waals surface area contributed by atoms with E-state index in [4.69, 9.17) is 20.7 Å². The lowest BCUT2D eigenvalue weighted by Gasteiger charge is -2.16. The third-order valence-electron chi connectivity index (χ3n) is 2.30. The van der Waals surface area contributed by atoms with Crippen molar-refractivity contribution in [3.8, 4) is 0 Å². The summed E-state index contributed by atoms with van der Waals surface area (Å²) in [5.74, 6) is -0.608. The fourth-order valence-electron chi connectivity index (χ4n) is 1.46. The zero-order valence-corrected chi connectivity index (χ0v) is 9.77. The van der Waals surface area contributed by atoms with Crippen LogP contribution in [0.4, 0.5) is 0 Å². The second-order valence-corrected chi connectivity index (χ2v) is 3.64. The first-order valence-corrected chi connectivity index (χ1v) is 5.42. The van der Waals surface area contributed by atoms with E-state index in [9.17, 15) is 9.90 Å². The minimum atomic E-state index is -1.18. The van der Waals surface area contributed by atoms with Crippen LogP contribution < -0.4 is 10.3 Å². The minimum absolute atomic E-state index is 0.00444. The van der Waals surface area contributed by atoms with Crippen LogP contribution in [0.3, 0.4) is 0 Å². The Bertz CT molecular complexity index is 399. The van der Waals surface area contributed by atoms with Crippen LogP contribution in [0, 0.1) is 0 Å². The van der Waals surface area contributed by atoms with Crippen molar-refractivity contribution in [1.82, 2.24) is 0 Å². The number of ether oxygens (including phenoxy) is 1. The van der Waals surface area contributed by atoms with Gasteiger partial charge in [-0.15, -0.1) is 0 Å². The van der Waals surface area contributed by atoms with Crippen LogP contribution in [0.15, 0.2) is 24.5 Å². The van der Waals surface area contributed by atoms with E-state index in [1.807, 2.05) is 0 Å². The largest absolute Gasteiger partial charge is 0.394 e. The predicted octanol–water partition coefficient (Wildman–Crippen LogP) is -2.07. The molecule has 18 heavy (non-hydrogen) atoms. The average molecular weight is 257 g/mol. The third kappa shape index (κ3) is 3.74. The molecule has 1 amide bonds. The second-order valence-electron chi connectivity index (χ2n) is 3.64. The molecule has 0 aliphatic heterocycles. The molecule has 100 valence electrons. The molecule has 1 aromatic rings. The number of nitrogens with zero attached hydrogens (tertiary/aromatic N) is 1. The highest BCUT2D eigenvalue weighted by Crippen LogP contribution is 2.06. The van der Waals surface area contributed by atoms with E-state index in [1.165, 1.54) is 16.8 Å². The van der Waals surface area contributed by atoms with E-state index in [0.717, 1.165) is 0 Å². The number of hydrogen-bond donors (Lipinski definition) is 4. The molecule has 1 unspecified atom stereocenters. The first-order chi connectivity index (χ1) is 8.60. The van der Waals surface area contributed by atoms with Crippen molar-refractivity contribution in [3.05, 3.63) is 30.1 Å². The highest BCUT2D eigenvalue weighted by atomic mass is 16.5. The Morgan fingerprint density at radius 1 is 1.50 bits per heavy atom. The molecule has 0 saturated carbocycles. The quantitative estimate of drug-likeness (QED) is 0.419. The first kappa shape index (κ1) is 14.5. The zero-order chi connectivity index (χ0) is 13.5. The Balaban J connectivity index is 2.96. The molecule has 0 radical (unpaired) electrons. The Morgan fingerprint density at radius 2 is 2.22 bits per heavy atom. The summed E-state index contributed by atoms with van der Waals surface area (Å²) in [4.78, 5) is 11.0. The van der Waals surface area contributed by atoms with Crippen molar-refractivity contribution in [2.45, 2.75) is 12.3 Å². The van der Waals surface area contributed by atoms with Gasteiger partial charge in [0.25, 0.3) is 12.1 Å². The number of amides is 1. The van der Waals surface area contributed by atoms with Gasteiger partial charge in [-0.25, -0.2) is 0 Å². The van der Waals surface area contributed by atoms with Crippen LogP contribution >= 0.6 is 0 Å². The lowest BCUT2D eigenvalue weighted by molar-refractivity contribution is -0.770. The maximum atomic E-state index is 11.0. The summed E-state index contributed by atoms with van der Waals surface area (Å²) in [5, 5.41) is 27.3. The fourth-order valence-corrected chi connectivity index (χ4v) is 1.46. The van der Waals surface area contributed by atoms with Crippen molar-refractivity contribution >= 4 is 5.91 Å². The number of aliphatic hydroxyl groups excluding tert-OH is 3. The van der Waals surface area contributed by atoms with Crippen molar-refractivity contribution in [3.63, 3.8) is 0 Å². The van der Waals surface area contributed by atoms with Gasteiger partial charge in [-0.2, -0.15) is 4.57 Å². The lowest BCUT2D eigenvalue weighted by atomic mass is 10.2. The molecule has 0 aliphatic rings. The number of carbonyl (C=O) groups is 1. The molecule has 1 aromatic heterocycles. The van der Waals surface area contributed by atoms with Gasteiger partial charge in [-0.05, 0) is 6.07 Å². The van der Waals surface area contributed by atoms with E-state index in [0.29, 0.717) is 0 Å². The normalized spacial score (nSPS) is 14.2. The predicted molar refractivity (Wildman–Crippen MR) is 60.3 cm³/mol. The molecular weight excluding hydrogens is 240 g/mol. The van der Waals surface area contributed by atoms with Gasteiger partial charge in [0.2, 0.25) is 0 Å². The summed E-state index contributed by atoms with van der Waals surface area (Å²) in [5.41, 5.74) is 5.40. The number of rotatable bonds is 7. The van der Waals surface area contributed by atoms with Gasteiger partial charge < -0.3 is 25.8 Å². The summed E-state index contributed by atoms with van der Waals surface area (Å²) in [6.07, 6.45) is 0.891. The van der Waals surface area contributed by atoms with Gasteiger partial charge in [0, 0.05) is 6.07 Å². The maximum Gasteiger partial charge on any atom is 0.291 e. The third-order valence-corrected chi connectivity index (χ3v) is 2.30. The topological polar surface area (TPSA) is 117 Å². The lowest BCUT2D eigenvalue weighted by Crippen LogP contribution is -2.49. The van der Waals surface area contributed by atoms with Gasteiger partial charge in [0.05, 0.1) is 19.8 Å². The summed E-state index contributed by atoms with van der Waals surface area (Å²) in [6.45, 7) is -0.732. The van der Waals surface area contributed by atoms with E-state index in [-0.39, 0.29) is 18.8 Å². The highest BCUT2D eigenvalue weighted by Gasteiger charge is 2.28. The van der Waals surface area contributed by atoms with Crippen LogP contribution in [0.5, 0.6) is 0 Å². The average Bonchev–Trinajstić information content (AvgIpc) is 2.39. The molecular formula is C11H17N2O5+. The molecule has 7 nitrogen and oxygen atoms in total. The van der Waals surface area contributed by atoms with Crippen LogP contribution in [0.2, 0.25) is 0 Å². The SMILES string of the molecule is NC(=O)c1ccc[n+](C(OCCO)[C@@H](O)CO)c1. The van der Waals surface area contributed by atoms with E-state index in [2.05, 4.69) is 0 Å². The zero-order valence-electron chi connectivity index (χ0n) is 9.77. The van der Waals surface area contributed by atoms with Gasteiger partial charge in [0.1, 0.15) is 5.56 Å². The van der Waals surface area contributed by atoms with E-state index >= 15 is 0 Å². The monoisotopic (exact) mass is 257 g/mol. The summed E-state index contributed by atoms with van der Waals surface area (Å²) < 4.78 is 6.63. The molecule has 0 spiro atoms. The van der Waals surface area contributed by atoms with E-state index in [1.54, 1.807) is 12.3 Å². The van der Waals surface area contributed by atoms with Crippen molar-refractivity contribution in [2.75, 3.05) is 19.8 Å². The van der Waals surface area contributed by atoms with Crippen LogP contribution in [-0.4, -0.2) is 47.2 Å². The molecule has 2 atom stereocenters. The fraction of sp³-hybridized carbons (Fsp3) is 0.455. The molecule has 7 heteroatoms. The summed E-state index contributed by atoms with van der Waals surface area (Å²) in [7, 11) is 0. The Labute approximate surface area is 104 Å². The molecule has 0 aliphatic carbocycles. The van der Waals surface area contributed by atoms with Crippen molar-refractivity contribution < 1.29 is 29.4 Å². The molecule has 1 rings (SSSR count). The molecule has 0 aromatic carbocycles. The first-order valence-electron chi connectivity index (χ1n) is 5.42. The number of primary amides is 1. The van der Waals surface area contributed by atoms with Crippen LogP contribution in [0.1, 0.15) is 16.6 Å². The smallest absolute Gasteiger partial charge is 0.291 e. The van der Waals surface area contributed by atoms with Gasteiger partial charge >= 0.3 is 0 Å². The Kier molecular flexibility index (Phi) is 5.66. The maximum absolute atomic E-state index is 11.0. The van der Waals surface area contributed by atoms with Crippen LogP contribution in [0.25, 0.3) is 0 Å². The number of nitrogens with two attached hydrogens (primary N) is 1. The van der Waals surface area contributed by atoms with E-state index < -0.39 is 24.8 Å². The van der Waals surface area contributed by atoms with Crippen LogP contribution in [-0.2, 0) is 4.74 Å².